The van der Waals surface area contributed by atoms with E-state index in [1.807, 2.05) is 18.2 Å². The summed E-state index contributed by atoms with van der Waals surface area (Å²) >= 11 is 1.24. The van der Waals surface area contributed by atoms with E-state index >= 15 is 0 Å². The molecule has 0 aliphatic carbocycles. The molecule has 1 fully saturated rings. The Bertz CT molecular complexity index is 781. The molecule has 2 heterocycles. The first-order chi connectivity index (χ1) is 12.6. The van der Waals surface area contributed by atoms with Gasteiger partial charge in [-0.1, -0.05) is 18.2 Å². The predicted molar refractivity (Wildman–Crippen MR) is 103 cm³/mol. The second-order valence-electron chi connectivity index (χ2n) is 6.43. The van der Waals surface area contributed by atoms with Crippen molar-refractivity contribution < 1.29 is 14.3 Å². The van der Waals surface area contributed by atoms with Crippen LogP contribution in [-0.2, 0) is 0 Å². The van der Waals surface area contributed by atoms with Gasteiger partial charge >= 0.3 is 0 Å². The molecular formula is C20H24N2O3S. The van der Waals surface area contributed by atoms with Gasteiger partial charge in [0.1, 0.15) is 5.75 Å². The first-order valence-corrected chi connectivity index (χ1v) is 9.67. The molecule has 0 saturated carbocycles. The zero-order chi connectivity index (χ0) is 18.5. The third kappa shape index (κ3) is 4.14. The number of para-hydroxylation sites is 1. The second-order valence-corrected chi connectivity index (χ2v) is 7.51. The molecule has 1 N–H and O–H groups in total. The first-order valence-electron chi connectivity index (χ1n) is 8.86. The molecular weight excluding hydrogens is 348 g/mol. The van der Waals surface area contributed by atoms with Crippen LogP contribution in [0.15, 0.2) is 36.4 Å². The minimum atomic E-state index is -0.137. The predicted octanol–water partition coefficient (Wildman–Crippen LogP) is 3.53. The number of nitrogens with one attached hydrogen (secondary N) is 1. The summed E-state index contributed by atoms with van der Waals surface area (Å²) in [6.45, 7) is 4.06. The lowest BCUT2D eigenvalue weighted by Crippen LogP contribution is -2.36. The van der Waals surface area contributed by atoms with Crippen molar-refractivity contribution in [2.24, 2.45) is 0 Å². The summed E-state index contributed by atoms with van der Waals surface area (Å²) in [7, 11) is 1.67. The number of likely N-dealkylation sites (tertiary alicyclic amines) is 1. The van der Waals surface area contributed by atoms with Crippen molar-refractivity contribution >= 4 is 23.0 Å². The molecule has 0 bridgehead atoms. The number of nitrogens with zero attached hydrogens (tertiary/aromatic N) is 1. The van der Waals surface area contributed by atoms with Crippen LogP contribution in [0, 0.1) is 0 Å². The van der Waals surface area contributed by atoms with E-state index in [1.165, 1.54) is 31.1 Å². The third-order valence-electron chi connectivity index (χ3n) is 4.71. The monoisotopic (exact) mass is 372 g/mol. The van der Waals surface area contributed by atoms with E-state index < -0.39 is 0 Å². The minimum absolute atomic E-state index is 0.0157. The maximum atomic E-state index is 12.5. The third-order valence-corrected chi connectivity index (χ3v) is 5.90. The smallest absolute Gasteiger partial charge is 0.261 e. The number of thiophene rings is 1. The summed E-state index contributed by atoms with van der Waals surface area (Å²) in [4.78, 5) is 27.5. The Hall–Kier alpha value is -2.18. The Kier molecular flexibility index (Phi) is 6.06. The maximum Gasteiger partial charge on any atom is 0.261 e. The number of rotatable bonds is 7. The fourth-order valence-corrected chi connectivity index (χ4v) is 4.17. The van der Waals surface area contributed by atoms with E-state index in [-0.39, 0.29) is 17.7 Å². The summed E-state index contributed by atoms with van der Waals surface area (Å²) in [6.07, 6.45) is 2.35. The number of amides is 1. The number of ketones is 1. The van der Waals surface area contributed by atoms with Crippen LogP contribution in [0.1, 0.15) is 50.7 Å². The van der Waals surface area contributed by atoms with Crippen LogP contribution in [0.3, 0.4) is 0 Å². The van der Waals surface area contributed by atoms with Crippen molar-refractivity contribution in [1.82, 2.24) is 10.2 Å². The Morgan fingerprint density at radius 1 is 1.15 bits per heavy atom. The molecule has 1 saturated heterocycles. The van der Waals surface area contributed by atoms with Gasteiger partial charge < -0.3 is 10.1 Å². The van der Waals surface area contributed by atoms with Gasteiger partial charge in [-0.05, 0) is 51.1 Å². The molecule has 1 aliphatic heterocycles. The van der Waals surface area contributed by atoms with Crippen LogP contribution in [0.2, 0.25) is 0 Å². The zero-order valence-electron chi connectivity index (χ0n) is 15.2. The van der Waals surface area contributed by atoms with Crippen molar-refractivity contribution in [2.75, 3.05) is 26.7 Å². The van der Waals surface area contributed by atoms with Crippen molar-refractivity contribution in [3.63, 3.8) is 0 Å². The summed E-state index contributed by atoms with van der Waals surface area (Å²) < 4.78 is 5.53. The molecule has 0 spiro atoms. The molecule has 1 unspecified atom stereocenters. The zero-order valence-corrected chi connectivity index (χ0v) is 16.0. The number of ether oxygens (including phenoxy) is 1. The fraction of sp³-hybridized carbons (Fsp3) is 0.400. The number of Topliss-reactive ketones (excluding diaryl/α,β-unsaturated/α-hetero) is 1. The Labute approximate surface area is 158 Å². The Balaban J connectivity index is 1.75. The van der Waals surface area contributed by atoms with Crippen molar-refractivity contribution in [1.29, 1.82) is 0 Å². The van der Waals surface area contributed by atoms with Gasteiger partial charge in [-0.3, -0.25) is 14.5 Å². The molecule has 2 aromatic rings. The van der Waals surface area contributed by atoms with Crippen molar-refractivity contribution in [3.05, 3.63) is 51.7 Å². The topological polar surface area (TPSA) is 58.6 Å². The second kappa shape index (κ2) is 8.47. The minimum Gasteiger partial charge on any atom is -0.496 e. The fourth-order valence-electron chi connectivity index (χ4n) is 3.36. The van der Waals surface area contributed by atoms with Gasteiger partial charge in [-0.25, -0.2) is 0 Å². The molecule has 0 radical (unpaired) electrons. The lowest BCUT2D eigenvalue weighted by molar-refractivity contribution is 0.0941. The summed E-state index contributed by atoms with van der Waals surface area (Å²) in [5.41, 5.74) is 1.09. The van der Waals surface area contributed by atoms with Gasteiger partial charge in [0, 0.05) is 12.1 Å². The van der Waals surface area contributed by atoms with Gasteiger partial charge in [0.05, 0.1) is 22.9 Å². The van der Waals surface area contributed by atoms with Crippen LogP contribution in [0.5, 0.6) is 5.75 Å². The van der Waals surface area contributed by atoms with Crippen LogP contribution >= 0.6 is 11.3 Å². The molecule has 1 atom stereocenters. The van der Waals surface area contributed by atoms with Crippen molar-refractivity contribution in [3.8, 4) is 5.75 Å². The average molecular weight is 372 g/mol. The molecule has 1 aliphatic rings. The Morgan fingerprint density at radius 3 is 2.50 bits per heavy atom. The highest BCUT2D eigenvalue weighted by Gasteiger charge is 2.26. The van der Waals surface area contributed by atoms with E-state index in [1.54, 1.807) is 19.2 Å². The lowest BCUT2D eigenvalue weighted by atomic mass is 10.0. The number of methoxy groups -OCH3 is 1. The summed E-state index contributed by atoms with van der Waals surface area (Å²) in [5, 5.41) is 3.04. The molecule has 3 rings (SSSR count). The van der Waals surface area contributed by atoms with Gasteiger partial charge in [-0.15, -0.1) is 11.3 Å². The highest BCUT2D eigenvalue weighted by molar-refractivity contribution is 7.15. The molecule has 1 amide bonds. The summed E-state index contributed by atoms with van der Waals surface area (Å²) in [6, 6.07) is 11.5. The SMILES string of the molecule is COc1ccccc1C(CNC(=O)c1ccc(C(C)=O)s1)N1CCCC1. The molecule has 1 aromatic heterocycles. The Morgan fingerprint density at radius 2 is 1.85 bits per heavy atom. The first kappa shape index (κ1) is 18.6. The molecule has 5 nitrogen and oxygen atoms in total. The van der Waals surface area contributed by atoms with Crippen molar-refractivity contribution in [2.45, 2.75) is 25.8 Å². The number of hydrogen-bond acceptors (Lipinski definition) is 5. The maximum absolute atomic E-state index is 12.5. The number of benzene rings is 1. The van der Waals surface area contributed by atoms with Gasteiger partial charge in [0.15, 0.2) is 5.78 Å². The van der Waals surface area contributed by atoms with E-state index in [0.717, 1.165) is 24.4 Å². The summed E-state index contributed by atoms with van der Waals surface area (Å²) in [5.74, 6) is 0.688. The van der Waals surface area contributed by atoms with Gasteiger partial charge in [0.2, 0.25) is 0 Å². The van der Waals surface area contributed by atoms with Crippen LogP contribution in [0.4, 0.5) is 0 Å². The van der Waals surface area contributed by atoms with E-state index in [2.05, 4.69) is 16.3 Å². The van der Waals surface area contributed by atoms with Crippen LogP contribution < -0.4 is 10.1 Å². The molecule has 138 valence electrons. The standard InChI is InChI=1S/C20H24N2O3S/c1-14(23)18-9-10-19(26-18)20(24)21-13-16(22-11-5-6-12-22)15-7-3-4-8-17(15)25-2/h3-4,7-10,16H,5-6,11-13H2,1-2H3,(H,21,24). The average Bonchev–Trinajstić information content (AvgIpc) is 3.34. The normalized spacial score (nSPS) is 15.6. The van der Waals surface area contributed by atoms with E-state index in [0.29, 0.717) is 16.3 Å². The highest BCUT2D eigenvalue weighted by Crippen LogP contribution is 2.31. The van der Waals surface area contributed by atoms with Gasteiger partial charge in [-0.2, -0.15) is 0 Å². The highest BCUT2D eigenvalue weighted by atomic mass is 32.1. The number of hydrogen-bond donors (Lipinski definition) is 1. The van der Waals surface area contributed by atoms with E-state index in [9.17, 15) is 9.59 Å². The number of carbonyl (C=O) groups is 2. The molecule has 1 aromatic carbocycles. The van der Waals surface area contributed by atoms with Crippen LogP contribution in [0.25, 0.3) is 0 Å². The van der Waals surface area contributed by atoms with E-state index in [4.69, 9.17) is 4.74 Å². The quantitative estimate of drug-likeness (QED) is 0.756. The number of carbonyl (C=O) groups excluding carboxylic acids is 2. The van der Waals surface area contributed by atoms with Gasteiger partial charge in [0.25, 0.3) is 5.91 Å². The molecule has 26 heavy (non-hydrogen) atoms. The molecule has 6 heteroatoms. The van der Waals surface area contributed by atoms with Crippen LogP contribution in [-0.4, -0.2) is 43.3 Å². The lowest BCUT2D eigenvalue weighted by Gasteiger charge is -2.29. The largest absolute Gasteiger partial charge is 0.496 e.